The average Bonchev–Trinajstić information content (AvgIpc) is 2.34. The summed E-state index contributed by atoms with van der Waals surface area (Å²) in [5, 5.41) is 9.01. The first-order valence-electron chi connectivity index (χ1n) is 6.24. The van der Waals surface area contributed by atoms with Gasteiger partial charge < -0.3 is 10.8 Å². The number of benzene rings is 1. The van der Waals surface area contributed by atoms with Crippen molar-refractivity contribution in [2.75, 3.05) is 6.54 Å². The van der Waals surface area contributed by atoms with Crippen LogP contribution in [0.3, 0.4) is 0 Å². The van der Waals surface area contributed by atoms with Gasteiger partial charge in [-0.1, -0.05) is 36.5 Å². The Labute approximate surface area is 115 Å². The van der Waals surface area contributed by atoms with Crippen molar-refractivity contribution in [3.63, 3.8) is 0 Å². The van der Waals surface area contributed by atoms with Gasteiger partial charge in [-0.15, -0.1) is 0 Å². The summed E-state index contributed by atoms with van der Waals surface area (Å²) in [5.74, 6) is 0. The summed E-state index contributed by atoms with van der Waals surface area (Å²) in [7, 11) is 0. The second-order valence-corrected chi connectivity index (χ2v) is 5.28. The number of aliphatic hydroxyl groups excluding tert-OH is 1. The Morgan fingerprint density at radius 3 is 2.28 bits per heavy atom. The molecule has 0 fully saturated rings. The Kier molecular flexibility index (Phi) is 6.25. The third kappa shape index (κ3) is 5.12. The quantitative estimate of drug-likeness (QED) is 0.742. The number of aliphatic hydroxyl groups is 1. The van der Waals surface area contributed by atoms with E-state index in [1.165, 1.54) is 5.56 Å². The van der Waals surface area contributed by atoms with Crippen molar-refractivity contribution in [1.82, 2.24) is 4.90 Å². The molecule has 0 heterocycles. The van der Waals surface area contributed by atoms with Crippen LogP contribution in [0.2, 0.25) is 0 Å². The van der Waals surface area contributed by atoms with E-state index in [0.717, 1.165) is 25.1 Å². The van der Waals surface area contributed by atoms with E-state index in [1.807, 2.05) is 12.1 Å². The molecule has 0 aliphatic rings. The van der Waals surface area contributed by atoms with Crippen molar-refractivity contribution in [3.8, 4) is 0 Å². The molecular weight excluding hydrogens is 244 g/mol. The largest absolute Gasteiger partial charge is 0.393 e. The molecule has 18 heavy (non-hydrogen) atoms. The van der Waals surface area contributed by atoms with Crippen molar-refractivity contribution in [2.24, 2.45) is 5.73 Å². The van der Waals surface area contributed by atoms with Crippen LogP contribution in [0.1, 0.15) is 31.4 Å². The number of hydrogen-bond donors (Lipinski definition) is 2. The molecule has 0 unspecified atom stereocenters. The first-order valence-corrected chi connectivity index (χ1v) is 6.64. The number of rotatable bonds is 7. The summed E-state index contributed by atoms with van der Waals surface area (Å²) in [6, 6.07) is 8.49. The van der Waals surface area contributed by atoms with Gasteiger partial charge in [0.15, 0.2) is 0 Å². The molecule has 0 saturated carbocycles. The molecular formula is C14H22N2OS. The molecule has 4 heteroatoms. The van der Waals surface area contributed by atoms with Crippen LogP contribution in [0.5, 0.6) is 0 Å². The lowest BCUT2D eigenvalue weighted by molar-refractivity contribution is 0.219. The molecule has 0 atom stereocenters. The Bertz CT molecular complexity index is 376. The van der Waals surface area contributed by atoms with Crippen molar-refractivity contribution in [2.45, 2.75) is 39.5 Å². The van der Waals surface area contributed by atoms with Gasteiger partial charge in [-0.25, -0.2) is 0 Å². The second-order valence-electron chi connectivity index (χ2n) is 4.76. The molecule has 0 bridgehead atoms. The van der Waals surface area contributed by atoms with Crippen LogP contribution in [0.4, 0.5) is 0 Å². The summed E-state index contributed by atoms with van der Waals surface area (Å²) in [5.41, 5.74) is 7.73. The van der Waals surface area contributed by atoms with E-state index in [9.17, 15) is 0 Å². The molecule has 1 aromatic rings. The average molecular weight is 266 g/mol. The minimum Gasteiger partial charge on any atom is -0.393 e. The van der Waals surface area contributed by atoms with Crippen molar-refractivity contribution < 1.29 is 5.11 Å². The summed E-state index contributed by atoms with van der Waals surface area (Å²) in [6.45, 7) is 6.19. The topological polar surface area (TPSA) is 49.5 Å². The number of nitrogens with two attached hydrogens (primary N) is 1. The van der Waals surface area contributed by atoms with Crippen molar-refractivity contribution >= 4 is 17.2 Å². The van der Waals surface area contributed by atoms with Gasteiger partial charge in [0.25, 0.3) is 0 Å². The van der Waals surface area contributed by atoms with E-state index < -0.39 is 0 Å². The van der Waals surface area contributed by atoms with E-state index in [4.69, 9.17) is 23.1 Å². The fourth-order valence-electron chi connectivity index (χ4n) is 1.76. The van der Waals surface area contributed by atoms with Gasteiger partial charge in [0.05, 0.1) is 11.6 Å². The highest BCUT2D eigenvalue weighted by Gasteiger charge is 2.10. The molecule has 0 spiro atoms. The molecule has 100 valence electrons. The maximum atomic E-state index is 9.01. The van der Waals surface area contributed by atoms with Gasteiger partial charge in [0, 0.05) is 25.6 Å². The molecule has 0 aromatic heterocycles. The second kappa shape index (κ2) is 7.46. The molecule has 0 aliphatic carbocycles. The monoisotopic (exact) mass is 266 g/mol. The van der Waals surface area contributed by atoms with E-state index in [2.05, 4.69) is 30.9 Å². The Morgan fingerprint density at radius 1 is 1.28 bits per heavy atom. The van der Waals surface area contributed by atoms with E-state index >= 15 is 0 Å². The Morgan fingerprint density at radius 2 is 1.83 bits per heavy atom. The van der Waals surface area contributed by atoms with Crippen LogP contribution in [0.15, 0.2) is 24.3 Å². The van der Waals surface area contributed by atoms with Gasteiger partial charge in [-0.2, -0.15) is 0 Å². The SMILES string of the molecule is CC(C)N(CCC(N)=S)Cc1ccc(CO)cc1. The molecule has 1 rings (SSSR count). The summed E-state index contributed by atoms with van der Waals surface area (Å²) < 4.78 is 0. The van der Waals surface area contributed by atoms with Crippen LogP contribution in [-0.4, -0.2) is 27.6 Å². The highest BCUT2D eigenvalue weighted by atomic mass is 32.1. The van der Waals surface area contributed by atoms with E-state index in [0.29, 0.717) is 11.0 Å². The Balaban J connectivity index is 2.61. The molecule has 3 nitrogen and oxygen atoms in total. The van der Waals surface area contributed by atoms with Gasteiger partial charge in [0.2, 0.25) is 0 Å². The van der Waals surface area contributed by atoms with Gasteiger partial charge in [-0.05, 0) is 25.0 Å². The summed E-state index contributed by atoms with van der Waals surface area (Å²) >= 11 is 4.92. The van der Waals surface area contributed by atoms with Crippen LogP contribution in [-0.2, 0) is 13.2 Å². The predicted molar refractivity (Wildman–Crippen MR) is 79.3 cm³/mol. The predicted octanol–water partition coefficient (Wildman–Crippen LogP) is 2.07. The minimum atomic E-state index is 0.0929. The number of nitrogens with zero attached hydrogens (tertiary/aromatic N) is 1. The standard InChI is InChI=1S/C14H22N2OS/c1-11(2)16(8-7-14(15)18)9-12-3-5-13(10-17)6-4-12/h3-6,11,17H,7-10H2,1-2H3,(H2,15,18). The molecule has 0 radical (unpaired) electrons. The lowest BCUT2D eigenvalue weighted by atomic mass is 10.1. The summed E-state index contributed by atoms with van der Waals surface area (Å²) in [4.78, 5) is 2.91. The van der Waals surface area contributed by atoms with Crippen LogP contribution in [0, 0.1) is 0 Å². The van der Waals surface area contributed by atoms with Crippen LogP contribution in [0.25, 0.3) is 0 Å². The molecule has 0 saturated heterocycles. The first-order chi connectivity index (χ1) is 8.52. The maximum Gasteiger partial charge on any atom is 0.0740 e. The number of hydrogen-bond acceptors (Lipinski definition) is 3. The molecule has 0 aliphatic heterocycles. The smallest absolute Gasteiger partial charge is 0.0740 e. The normalized spacial score (nSPS) is 11.2. The van der Waals surface area contributed by atoms with Crippen LogP contribution < -0.4 is 5.73 Å². The highest BCUT2D eigenvalue weighted by Crippen LogP contribution is 2.10. The van der Waals surface area contributed by atoms with Crippen LogP contribution >= 0.6 is 12.2 Å². The zero-order valence-corrected chi connectivity index (χ0v) is 11.9. The fraction of sp³-hybridized carbons (Fsp3) is 0.500. The minimum absolute atomic E-state index is 0.0929. The van der Waals surface area contributed by atoms with E-state index in [1.54, 1.807) is 0 Å². The zero-order chi connectivity index (χ0) is 13.5. The third-order valence-electron chi connectivity index (χ3n) is 2.97. The molecule has 0 amide bonds. The molecule has 1 aromatic carbocycles. The van der Waals surface area contributed by atoms with Crippen molar-refractivity contribution in [1.29, 1.82) is 0 Å². The van der Waals surface area contributed by atoms with Gasteiger partial charge >= 0.3 is 0 Å². The third-order valence-corrected chi connectivity index (χ3v) is 3.17. The lowest BCUT2D eigenvalue weighted by Gasteiger charge is -2.26. The molecule has 3 N–H and O–H groups in total. The van der Waals surface area contributed by atoms with Gasteiger partial charge in [-0.3, -0.25) is 4.90 Å². The zero-order valence-electron chi connectivity index (χ0n) is 11.1. The first kappa shape index (κ1) is 15.1. The van der Waals surface area contributed by atoms with Crippen molar-refractivity contribution in [3.05, 3.63) is 35.4 Å². The van der Waals surface area contributed by atoms with Gasteiger partial charge in [0.1, 0.15) is 0 Å². The van der Waals surface area contributed by atoms with E-state index in [-0.39, 0.29) is 6.61 Å². The summed E-state index contributed by atoms with van der Waals surface area (Å²) in [6.07, 6.45) is 0.752. The fourth-order valence-corrected chi connectivity index (χ4v) is 1.85. The maximum absolute atomic E-state index is 9.01. The highest BCUT2D eigenvalue weighted by molar-refractivity contribution is 7.80. The lowest BCUT2D eigenvalue weighted by Crippen LogP contribution is -2.33. The number of thiocarbonyl (C=S) groups is 1. The Hall–Kier alpha value is -0.970.